The van der Waals surface area contributed by atoms with Crippen LogP contribution in [0.3, 0.4) is 0 Å². The minimum absolute atomic E-state index is 0.0801. The molecule has 25 heavy (non-hydrogen) atoms. The number of alkyl halides is 3. The zero-order chi connectivity index (χ0) is 17.9. The van der Waals surface area contributed by atoms with E-state index in [1.54, 1.807) is 0 Å². The van der Waals surface area contributed by atoms with Crippen LogP contribution in [-0.2, 0) is 23.9 Å². The lowest BCUT2D eigenvalue weighted by Crippen LogP contribution is -2.38. The van der Waals surface area contributed by atoms with E-state index < -0.39 is 12.0 Å². The van der Waals surface area contributed by atoms with Crippen molar-refractivity contribution >= 4 is 5.78 Å². The van der Waals surface area contributed by atoms with Crippen LogP contribution in [-0.4, -0.2) is 33.9 Å². The van der Waals surface area contributed by atoms with E-state index in [2.05, 4.69) is 14.7 Å². The highest BCUT2D eigenvalue weighted by molar-refractivity contribution is 5.83. The molecule has 3 rings (SSSR count). The number of aromatic nitrogens is 2. The average molecular weight is 353 g/mol. The molecular formula is C17H18F3N3O2. The first-order valence-electron chi connectivity index (χ1n) is 8.10. The van der Waals surface area contributed by atoms with Gasteiger partial charge in [0.15, 0.2) is 0 Å². The van der Waals surface area contributed by atoms with Crippen LogP contribution >= 0.6 is 0 Å². The second kappa shape index (κ2) is 7.35. The number of hydrogen-bond acceptors (Lipinski definition) is 5. The van der Waals surface area contributed by atoms with Crippen LogP contribution in [0, 0.1) is 5.92 Å². The van der Waals surface area contributed by atoms with E-state index in [1.807, 2.05) is 35.2 Å². The topological polar surface area (TPSA) is 59.2 Å². The van der Waals surface area contributed by atoms with Gasteiger partial charge in [-0.25, -0.2) is 0 Å². The van der Waals surface area contributed by atoms with E-state index in [0.717, 1.165) is 18.4 Å². The molecule has 1 aromatic carbocycles. The second-order valence-electron chi connectivity index (χ2n) is 6.21. The number of halogens is 3. The summed E-state index contributed by atoms with van der Waals surface area (Å²) in [7, 11) is 0. The highest BCUT2D eigenvalue weighted by atomic mass is 19.4. The molecule has 1 fully saturated rings. The average Bonchev–Trinajstić information content (AvgIpc) is 3.05. The lowest BCUT2D eigenvalue weighted by atomic mass is 9.90. The third-order valence-electron chi connectivity index (χ3n) is 4.26. The van der Waals surface area contributed by atoms with Gasteiger partial charge in [0.25, 0.3) is 5.82 Å². The van der Waals surface area contributed by atoms with E-state index in [1.165, 1.54) is 0 Å². The molecule has 2 aromatic rings. The number of nitrogens with zero attached hydrogens (tertiary/aromatic N) is 3. The first-order valence-corrected chi connectivity index (χ1v) is 8.10. The Hall–Kier alpha value is -2.22. The van der Waals surface area contributed by atoms with Crippen molar-refractivity contribution in [1.29, 1.82) is 0 Å². The largest absolute Gasteiger partial charge is 0.455 e. The van der Waals surface area contributed by atoms with E-state index in [-0.39, 0.29) is 24.1 Å². The van der Waals surface area contributed by atoms with Crippen molar-refractivity contribution in [2.45, 2.75) is 32.0 Å². The molecule has 0 radical (unpaired) electrons. The van der Waals surface area contributed by atoms with E-state index in [4.69, 9.17) is 0 Å². The summed E-state index contributed by atoms with van der Waals surface area (Å²) in [5.74, 6) is -1.32. The Bertz CT molecular complexity index is 715. The van der Waals surface area contributed by atoms with Gasteiger partial charge in [-0.15, -0.1) is 0 Å². The number of rotatable bonds is 5. The molecule has 1 atom stereocenters. The van der Waals surface area contributed by atoms with Gasteiger partial charge in [0.05, 0.1) is 6.54 Å². The molecule has 8 heteroatoms. The fourth-order valence-electron chi connectivity index (χ4n) is 3.03. The van der Waals surface area contributed by atoms with Crippen LogP contribution in [0.1, 0.15) is 30.1 Å². The highest BCUT2D eigenvalue weighted by Gasteiger charge is 2.37. The van der Waals surface area contributed by atoms with Crippen LogP contribution in [0.25, 0.3) is 0 Å². The van der Waals surface area contributed by atoms with Crippen LogP contribution < -0.4 is 0 Å². The Morgan fingerprint density at radius 1 is 1.28 bits per heavy atom. The third kappa shape index (κ3) is 4.66. The SMILES string of the molecule is O=C(Cc1ccccc1)C1CCCN(Cc2nc(C(F)(F)F)no2)C1. The van der Waals surface area contributed by atoms with Crippen LogP contribution in [0.15, 0.2) is 34.9 Å². The van der Waals surface area contributed by atoms with Crippen LogP contribution in [0.4, 0.5) is 13.2 Å². The number of ketones is 1. The van der Waals surface area contributed by atoms with E-state index >= 15 is 0 Å². The summed E-state index contributed by atoms with van der Waals surface area (Å²) in [6.07, 6.45) is -2.64. The normalized spacial score (nSPS) is 19.1. The number of hydrogen-bond donors (Lipinski definition) is 0. The maximum absolute atomic E-state index is 12.5. The Balaban J connectivity index is 1.57. The van der Waals surface area contributed by atoms with Gasteiger partial charge in [-0.2, -0.15) is 18.2 Å². The van der Waals surface area contributed by atoms with Gasteiger partial charge >= 0.3 is 6.18 Å². The van der Waals surface area contributed by atoms with Crippen LogP contribution in [0.5, 0.6) is 0 Å². The van der Waals surface area contributed by atoms with Gasteiger partial charge in [0.1, 0.15) is 5.78 Å². The van der Waals surface area contributed by atoms with E-state index in [0.29, 0.717) is 19.5 Å². The molecule has 1 aliphatic heterocycles. The summed E-state index contributed by atoms with van der Waals surface area (Å²) in [6, 6.07) is 9.51. The van der Waals surface area contributed by atoms with Crippen LogP contribution in [0.2, 0.25) is 0 Å². The molecule has 0 bridgehead atoms. The van der Waals surface area contributed by atoms with Gasteiger partial charge < -0.3 is 4.52 Å². The predicted octanol–water partition coefficient (Wildman–Crippen LogP) is 3.11. The third-order valence-corrected chi connectivity index (χ3v) is 4.26. The van der Waals surface area contributed by atoms with Crippen molar-refractivity contribution < 1.29 is 22.5 Å². The Morgan fingerprint density at radius 2 is 2.04 bits per heavy atom. The number of Topliss-reactive ketones (excluding diaryl/α,β-unsaturated/α-hetero) is 1. The molecule has 134 valence electrons. The highest BCUT2D eigenvalue weighted by Crippen LogP contribution is 2.27. The minimum Gasteiger partial charge on any atom is -0.338 e. The summed E-state index contributed by atoms with van der Waals surface area (Å²) in [5.41, 5.74) is 0.969. The van der Waals surface area contributed by atoms with Crippen molar-refractivity contribution in [3.63, 3.8) is 0 Å². The number of piperidine rings is 1. The fourth-order valence-corrected chi connectivity index (χ4v) is 3.03. The molecule has 1 saturated heterocycles. The van der Waals surface area contributed by atoms with E-state index in [9.17, 15) is 18.0 Å². The van der Waals surface area contributed by atoms with Crippen molar-refractivity contribution in [3.05, 3.63) is 47.6 Å². The molecular weight excluding hydrogens is 335 g/mol. The van der Waals surface area contributed by atoms with Gasteiger partial charge in [0, 0.05) is 18.9 Å². The lowest BCUT2D eigenvalue weighted by molar-refractivity contribution is -0.146. The molecule has 0 amide bonds. The minimum atomic E-state index is -4.61. The Labute approximate surface area is 142 Å². The van der Waals surface area contributed by atoms with Gasteiger partial charge in [-0.05, 0) is 24.9 Å². The maximum atomic E-state index is 12.5. The van der Waals surface area contributed by atoms with Gasteiger partial charge in [-0.1, -0.05) is 35.5 Å². The summed E-state index contributed by atoms with van der Waals surface area (Å²) in [4.78, 5) is 17.8. The molecule has 0 aliphatic carbocycles. The molecule has 0 saturated carbocycles. The second-order valence-corrected chi connectivity index (χ2v) is 6.21. The monoisotopic (exact) mass is 353 g/mol. The molecule has 2 heterocycles. The molecule has 1 aliphatic rings. The number of benzene rings is 1. The van der Waals surface area contributed by atoms with Gasteiger partial charge in [-0.3, -0.25) is 9.69 Å². The first-order chi connectivity index (χ1) is 11.9. The molecule has 1 unspecified atom stereocenters. The number of carbonyl (C=O) groups is 1. The van der Waals surface area contributed by atoms with Crippen molar-refractivity contribution in [1.82, 2.24) is 15.0 Å². The van der Waals surface area contributed by atoms with Gasteiger partial charge in [0.2, 0.25) is 5.89 Å². The standard InChI is InChI=1S/C17H18F3N3O2/c18-17(19,20)16-21-15(25-22-16)11-23-8-4-7-13(10-23)14(24)9-12-5-2-1-3-6-12/h1-3,5-6,13H,4,7-11H2. The van der Waals surface area contributed by atoms with Crippen molar-refractivity contribution in [2.24, 2.45) is 5.92 Å². The predicted molar refractivity (Wildman–Crippen MR) is 82.5 cm³/mol. The lowest BCUT2D eigenvalue weighted by Gasteiger charge is -2.30. The maximum Gasteiger partial charge on any atom is 0.455 e. The molecule has 0 spiro atoms. The number of carbonyl (C=O) groups excluding carboxylic acids is 1. The molecule has 1 aromatic heterocycles. The zero-order valence-corrected chi connectivity index (χ0v) is 13.5. The van der Waals surface area contributed by atoms with Crippen molar-refractivity contribution in [3.8, 4) is 0 Å². The Kier molecular flexibility index (Phi) is 5.17. The first kappa shape index (κ1) is 17.6. The zero-order valence-electron chi connectivity index (χ0n) is 13.5. The summed E-state index contributed by atoms with van der Waals surface area (Å²) < 4.78 is 42.2. The number of likely N-dealkylation sites (tertiary alicyclic amines) is 1. The van der Waals surface area contributed by atoms with Crippen molar-refractivity contribution in [2.75, 3.05) is 13.1 Å². The summed E-state index contributed by atoms with van der Waals surface area (Å²) in [6.45, 7) is 1.31. The summed E-state index contributed by atoms with van der Waals surface area (Å²) >= 11 is 0. The molecule has 0 N–H and O–H groups in total. The Morgan fingerprint density at radius 3 is 2.72 bits per heavy atom. The summed E-state index contributed by atoms with van der Waals surface area (Å²) in [5, 5.41) is 2.96. The molecule has 5 nitrogen and oxygen atoms in total. The quantitative estimate of drug-likeness (QED) is 0.827. The fraction of sp³-hybridized carbons (Fsp3) is 0.471. The smallest absolute Gasteiger partial charge is 0.338 e.